The molecule has 30 heavy (non-hydrogen) atoms. The van der Waals surface area contributed by atoms with Crippen molar-refractivity contribution in [3.8, 4) is 6.07 Å². The van der Waals surface area contributed by atoms with Crippen molar-refractivity contribution in [3.63, 3.8) is 0 Å². The van der Waals surface area contributed by atoms with E-state index in [0.29, 0.717) is 18.9 Å². The Labute approximate surface area is 176 Å². The molecule has 0 unspecified atom stereocenters. The molecule has 0 radical (unpaired) electrons. The zero-order chi connectivity index (χ0) is 21.2. The molecule has 0 atom stereocenters. The van der Waals surface area contributed by atoms with Gasteiger partial charge in [-0.15, -0.1) is 0 Å². The molecule has 2 aromatic rings. The van der Waals surface area contributed by atoms with Crippen LogP contribution >= 0.6 is 0 Å². The second-order valence-electron chi connectivity index (χ2n) is 8.72. The third-order valence-corrected chi connectivity index (χ3v) is 7.32. The number of benzene rings is 2. The molecule has 156 valence electrons. The Bertz CT molecular complexity index is 920. The van der Waals surface area contributed by atoms with Crippen LogP contribution in [0.5, 0.6) is 0 Å². The van der Waals surface area contributed by atoms with Crippen molar-refractivity contribution in [2.45, 2.75) is 55.4 Å². The highest BCUT2D eigenvalue weighted by Crippen LogP contribution is 2.43. The summed E-state index contributed by atoms with van der Waals surface area (Å²) < 4.78 is 13.3. The van der Waals surface area contributed by atoms with Gasteiger partial charge in [-0.25, -0.2) is 4.39 Å². The number of halogens is 1. The minimum Gasteiger partial charge on any atom is -0.481 e. The summed E-state index contributed by atoms with van der Waals surface area (Å²) in [6.07, 6.45) is 4.50. The molecule has 1 heterocycles. The molecule has 0 aromatic heterocycles. The number of likely N-dealkylation sites (tertiary alicyclic amines) is 1. The van der Waals surface area contributed by atoms with Crippen LogP contribution in [-0.4, -0.2) is 35.1 Å². The van der Waals surface area contributed by atoms with Crippen molar-refractivity contribution in [2.75, 3.05) is 13.1 Å². The summed E-state index contributed by atoms with van der Waals surface area (Å²) in [5, 5.41) is 19.9. The van der Waals surface area contributed by atoms with Crippen molar-refractivity contribution in [2.24, 2.45) is 0 Å². The van der Waals surface area contributed by atoms with Crippen molar-refractivity contribution in [1.82, 2.24) is 4.90 Å². The highest BCUT2D eigenvalue weighted by atomic mass is 19.1. The molecular formula is C25H27FN2O2. The van der Waals surface area contributed by atoms with E-state index in [9.17, 15) is 19.6 Å². The molecule has 0 spiro atoms. The monoisotopic (exact) mass is 406 g/mol. The summed E-state index contributed by atoms with van der Waals surface area (Å²) in [6, 6.07) is 18.8. The maximum atomic E-state index is 13.3. The van der Waals surface area contributed by atoms with Gasteiger partial charge in [-0.1, -0.05) is 42.5 Å². The highest BCUT2D eigenvalue weighted by Gasteiger charge is 2.45. The van der Waals surface area contributed by atoms with E-state index in [1.807, 2.05) is 30.3 Å². The van der Waals surface area contributed by atoms with Crippen LogP contribution in [0.2, 0.25) is 0 Å². The molecule has 1 N–H and O–H groups in total. The third kappa shape index (κ3) is 3.61. The van der Waals surface area contributed by atoms with Gasteiger partial charge in [0.25, 0.3) is 0 Å². The maximum Gasteiger partial charge on any atom is 0.314 e. The number of rotatable bonds is 4. The van der Waals surface area contributed by atoms with Crippen LogP contribution in [0.1, 0.15) is 49.7 Å². The molecule has 2 fully saturated rings. The Morgan fingerprint density at radius 1 is 0.967 bits per heavy atom. The van der Waals surface area contributed by atoms with Crippen LogP contribution < -0.4 is 0 Å². The second kappa shape index (κ2) is 8.20. The predicted molar refractivity (Wildman–Crippen MR) is 113 cm³/mol. The smallest absolute Gasteiger partial charge is 0.314 e. The minimum absolute atomic E-state index is 0.283. The van der Waals surface area contributed by atoms with Crippen molar-refractivity contribution in [3.05, 3.63) is 71.5 Å². The van der Waals surface area contributed by atoms with E-state index in [1.54, 1.807) is 12.1 Å². The van der Waals surface area contributed by atoms with Crippen LogP contribution in [-0.2, 0) is 15.6 Å². The van der Waals surface area contributed by atoms with E-state index in [4.69, 9.17) is 0 Å². The number of piperidine rings is 1. The van der Waals surface area contributed by atoms with Gasteiger partial charge in [-0.05, 0) is 74.9 Å². The standard InChI is InChI=1S/C25H27FN2O2/c26-21-8-6-19(7-9-21)24(18-27)12-10-22(11-13-24)28-16-14-25(15-17-28,23(29)30)20-4-2-1-3-5-20/h1-9,22H,10-17H2,(H,29,30). The number of carboxylic acid groups (broad SMARTS) is 1. The van der Waals surface area contributed by atoms with Crippen LogP contribution in [0.4, 0.5) is 4.39 Å². The van der Waals surface area contributed by atoms with Crippen LogP contribution in [0.3, 0.4) is 0 Å². The number of carbonyl (C=O) groups is 1. The van der Waals surface area contributed by atoms with Gasteiger partial charge in [-0.2, -0.15) is 5.26 Å². The van der Waals surface area contributed by atoms with Gasteiger partial charge in [0.15, 0.2) is 0 Å². The Balaban J connectivity index is 1.43. The first-order valence-corrected chi connectivity index (χ1v) is 10.7. The molecule has 2 aliphatic rings. The summed E-state index contributed by atoms with van der Waals surface area (Å²) in [5.41, 5.74) is 0.435. The van der Waals surface area contributed by atoms with Crippen molar-refractivity contribution < 1.29 is 14.3 Å². The largest absolute Gasteiger partial charge is 0.481 e. The predicted octanol–water partition coefficient (Wildman–Crippen LogP) is 4.65. The molecule has 5 heteroatoms. The van der Waals surface area contributed by atoms with Crippen molar-refractivity contribution >= 4 is 5.97 Å². The number of carboxylic acids is 1. The average molecular weight is 407 g/mol. The van der Waals surface area contributed by atoms with Crippen LogP contribution in [0, 0.1) is 17.1 Å². The van der Waals surface area contributed by atoms with E-state index in [2.05, 4.69) is 11.0 Å². The third-order valence-electron chi connectivity index (χ3n) is 7.32. The molecule has 1 aliphatic heterocycles. The second-order valence-corrected chi connectivity index (χ2v) is 8.72. The lowest BCUT2D eigenvalue weighted by atomic mass is 9.68. The number of nitrogens with zero attached hydrogens (tertiary/aromatic N) is 2. The summed E-state index contributed by atoms with van der Waals surface area (Å²) in [7, 11) is 0. The topological polar surface area (TPSA) is 64.3 Å². The number of hydrogen-bond acceptors (Lipinski definition) is 3. The number of hydrogen-bond donors (Lipinski definition) is 1. The zero-order valence-electron chi connectivity index (χ0n) is 17.1. The van der Waals surface area contributed by atoms with E-state index >= 15 is 0 Å². The quantitative estimate of drug-likeness (QED) is 0.803. The maximum absolute atomic E-state index is 13.3. The van der Waals surface area contributed by atoms with Gasteiger partial charge < -0.3 is 10.0 Å². The fraction of sp³-hybridized carbons (Fsp3) is 0.440. The molecule has 1 aliphatic carbocycles. The molecule has 1 saturated heterocycles. The van der Waals surface area contributed by atoms with E-state index < -0.39 is 16.8 Å². The lowest BCUT2D eigenvalue weighted by molar-refractivity contribution is -0.146. The molecule has 2 aromatic carbocycles. The summed E-state index contributed by atoms with van der Waals surface area (Å²) >= 11 is 0. The minimum atomic E-state index is -0.809. The van der Waals surface area contributed by atoms with E-state index in [-0.39, 0.29) is 5.82 Å². The number of nitriles is 1. The van der Waals surface area contributed by atoms with Crippen LogP contribution in [0.15, 0.2) is 54.6 Å². The van der Waals surface area contributed by atoms with Gasteiger partial charge in [0.05, 0.1) is 16.9 Å². The zero-order valence-corrected chi connectivity index (χ0v) is 17.1. The molecule has 0 bridgehead atoms. The first kappa shape index (κ1) is 20.6. The molecule has 4 rings (SSSR count). The fourth-order valence-corrected chi connectivity index (χ4v) is 5.35. The van der Waals surface area contributed by atoms with Gasteiger partial charge in [0.2, 0.25) is 0 Å². The first-order valence-electron chi connectivity index (χ1n) is 10.7. The summed E-state index contributed by atoms with van der Waals surface area (Å²) in [6.45, 7) is 1.50. The van der Waals surface area contributed by atoms with E-state index in [1.165, 1.54) is 12.1 Å². The SMILES string of the molecule is N#CC1(c2ccc(F)cc2)CCC(N2CCC(C(=O)O)(c3ccccc3)CC2)CC1. The summed E-state index contributed by atoms with van der Waals surface area (Å²) in [5.74, 6) is -1.02. The average Bonchev–Trinajstić information content (AvgIpc) is 2.80. The Hall–Kier alpha value is -2.71. The molecular weight excluding hydrogens is 379 g/mol. The Morgan fingerprint density at radius 3 is 2.10 bits per heavy atom. The van der Waals surface area contributed by atoms with Gasteiger partial charge in [0, 0.05) is 6.04 Å². The Kier molecular flexibility index (Phi) is 5.62. The first-order chi connectivity index (χ1) is 14.5. The Morgan fingerprint density at radius 2 is 1.57 bits per heavy atom. The molecule has 1 saturated carbocycles. The normalized spacial score (nSPS) is 26.6. The fourth-order valence-electron chi connectivity index (χ4n) is 5.35. The van der Waals surface area contributed by atoms with E-state index in [0.717, 1.165) is 49.9 Å². The highest BCUT2D eigenvalue weighted by molar-refractivity contribution is 5.81. The van der Waals surface area contributed by atoms with Crippen LogP contribution in [0.25, 0.3) is 0 Å². The summed E-state index contributed by atoms with van der Waals surface area (Å²) in [4.78, 5) is 14.6. The molecule has 4 nitrogen and oxygen atoms in total. The van der Waals surface area contributed by atoms with Gasteiger partial charge in [-0.3, -0.25) is 4.79 Å². The lowest BCUT2D eigenvalue weighted by Crippen LogP contribution is -2.51. The van der Waals surface area contributed by atoms with Crippen molar-refractivity contribution in [1.29, 1.82) is 5.26 Å². The molecule has 0 amide bonds. The number of aliphatic carboxylic acids is 1. The van der Waals surface area contributed by atoms with Gasteiger partial charge in [0.1, 0.15) is 5.82 Å². The lowest BCUT2D eigenvalue weighted by Gasteiger charge is -2.45. The van der Waals surface area contributed by atoms with Gasteiger partial charge >= 0.3 is 5.97 Å².